The smallest absolute Gasteiger partial charge is 0.158 e. The highest BCUT2D eigenvalue weighted by molar-refractivity contribution is 8.01. The van der Waals surface area contributed by atoms with Crippen LogP contribution >= 0.6 is 23.1 Å². The zero-order chi connectivity index (χ0) is 19.1. The number of nitrogen functional groups attached to an aromatic ring is 1. The molecule has 1 atom stereocenters. The highest BCUT2D eigenvalue weighted by Crippen LogP contribution is 2.50. The fourth-order valence-corrected chi connectivity index (χ4v) is 5.77. The topological polar surface area (TPSA) is 107 Å². The Balaban J connectivity index is 1.29. The van der Waals surface area contributed by atoms with Crippen LogP contribution in [0.15, 0.2) is 45.5 Å². The zero-order valence-electron chi connectivity index (χ0n) is 15.3. The average Bonchev–Trinajstić information content (AvgIpc) is 3.32. The number of hydrogen-bond acceptors (Lipinski definition) is 9. The van der Waals surface area contributed by atoms with Crippen molar-refractivity contribution in [3.63, 3.8) is 0 Å². The van der Waals surface area contributed by atoms with Gasteiger partial charge in [0.1, 0.15) is 10.8 Å². The van der Waals surface area contributed by atoms with Gasteiger partial charge in [0.2, 0.25) is 0 Å². The Hall–Kier alpha value is -2.23. The van der Waals surface area contributed by atoms with Gasteiger partial charge in [0, 0.05) is 42.6 Å². The summed E-state index contributed by atoms with van der Waals surface area (Å²) in [7, 11) is 0. The maximum Gasteiger partial charge on any atom is 0.158 e. The molecule has 3 aromatic heterocycles. The molecule has 4 N–H and O–H groups in total. The maximum atomic E-state index is 6.63. The van der Waals surface area contributed by atoms with E-state index in [1.54, 1.807) is 17.5 Å². The Bertz CT molecular complexity index is 984. The summed E-state index contributed by atoms with van der Waals surface area (Å²) in [5, 5.41) is 2.64. The molecule has 0 aromatic carbocycles. The van der Waals surface area contributed by atoms with E-state index in [0.717, 1.165) is 48.2 Å². The van der Waals surface area contributed by atoms with Crippen LogP contribution in [0.5, 0.6) is 0 Å². The number of pyridine rings is 1. The lowest BCUT2D eigenvalue weighted by Gasteiger charge is -2.42. The monoisotopic (exact) mass is 411 g/mol. The minimum atomic E-state index is 0.0616. The van der Waals surface area contributed by atoms with Gasteiger partial charge in [0.15, 0.2) is 10.2 Å². The highest BCUT2D eigenvalue weighted by Gasteiger charge is 2.46. The van der Waals surface area contributed by atoms with E-state index < -0.39 is 0 Å². The third-order valence-corrected chi connectivity index (χ3v) is 7.76. The number of thiazole rings is 1. The Kier molecular flexibility index (Phi) is 4.45. The number of hydrogen-bond donors (Lipinski definition) is 2. The first-order valence-electron chi connectivity index (χ1n) is 9.29. The quantitative estimate of drug-likeness (QED) is 0.677. The first kappa shape index (κ1) is 17.8. The number of rotatable bonds is 3. The van der Waals surface area contributed by atoms with Crippen LogP contribution in [0.25, 0.3) is 0 Å². The standard InChI is InChI=1S/C19H21N7S2/c20-15-12-2-1-5-22-13(12)10-19(15)3-7-26(8-4-19)14-11-24-17(16(21)25-14)28-18-23-6-9-27-18/h1-2,5-6,9,11,15H,3-4,7-8,10,20H2,(H2,21,25)/t15-/m1/s1. The van der Waals surface area contributed by atoms with Gasteiger partial charge in [0.25, 0.3) is 0 Å². The van der Waals surface area contributed by atoms with E-state index >= 15 is 0 Å². The molecule has 1 saturated heterocycles. The van der Waals surface area contributed by atoms with Gasteiger partial charge in [0.05, 0.1) is 6.20 Å². The Labute approximate surface area is 171 Å². The van der Waals surface area contributed by atoms with Gasteiger partial charge in [-0.3, -0.25) is 4.98 Å². The predicted molar refractivity (Wildman–Crippen MR) is 111 cm³/mol. The molecule has 0 radical (unpaired) electrons. The predicted octanol–water partition coefficient (Wildman–Crippen LogP) is 2.90. The molecule has 1 fully saturated rings. The molecule has 2 aliphatic rings. The van der Waals surface area contributed by atoms with E-state index in [1.165, 1.54) is 17.3 Å². The third kappa shape index (κ3) is 3.03. The van der Waals surface area contributed by atoms with Crippen LogP contribution in [0.4, 0.5) is 11.6 Å². The molecule has 28 heavy (non-hydrogen) atoms. The van der Waals surface area contributed by atoms with Crippen molar-refractivity contribution < 1.29 is 0 Å². The lowest BCUT2D eigenvalue weighted by molar-refractivity contribution is 0.186. The molecule has 7 nitrogen and oxygen atoms in total. The Morgan fingerprint density at radius 1 is 1.18 bits per heavy atom. The van der Waals surface area contributed by atoms with Crippen LogP contribution in [0.1, 0.15) is 30.1 Å². The van der Waals surface area contributed by atoms with Gasteiger partial charge in [-0.05, 0) is 48.1 Å². The summed E-state index contributed by atoms with van der Waals surface area (Å²) in [4.78, 5) is 20.2. The summed E-state index contributed by atoms with van der Waals surface area (Å²) >= 11 is 3.02. The molecule has 4 heterocycles. The number of piperidine rings is 1. The van der Waals surface area contributed by atoms with Crippen LogP contribution < -0.4 is 16.4 Å². The van der Waals surface area contributed by atoms with Crippen molar-refractivity contribution in [1.29, 1.82) is 0 Å². The van der Waals surface area contributed by atoms with Crippen molar-refractivity contribution in [2.45, 2.75) is 34.7 Å². The normalized spacial score (nSPS) is 20.5. The van der Waals surface area contributed by atoms with Gasteiger partial charge in [-0.25, -0.2) is 15.0 Å². The van der Waals surface area contributed by atoms with E-state index in [1.807, 2.05) is 23.8 Å². The van der Waals surface area contributed by atoms with Gasteiger partial charge < -0.3 is 16.4 Å². The zero-order valence-corrected chi connectivity index (χ0v) is 16.9. The summed E-state index contributed by atoms with van der Waals surface area (Å²) in [6.07, 6.45) is 8.45. The largest absolute Gasteiger partial charge is 0.381 e. The van der Waals surface area contributed by atoms with Crippen molar-refractivity contribution in [3.05, 3.63) is 47.4 Å². The molecule has 1 aliphatic carbocycles. The number of nitrogens with two attached hydrogens (primary N) is 2. The highest BCUT2D eigenvalue weighted by atomic mass is 32.2. The molecule has 144 valence electrons. The van der Waals surface area contributed by atoms with Crippen molar-refractivity contribution in [1.82, 2.24) is 19.9 Å². The summed E-state index contributed by atoms with van der Waals surface area (Å²) in [5.74, 6) is 1.28. The molecule has 9 heteroatoms. The van der Waals surface area contributed by atoms with E-state index in [-0.39, 0.29) is 11.5 Å². The first-order valence-corrected chi connectivity index (χ1v) is 11.0. The molecule has 0 amide bonds. The second-order valence-electron chi connectivity index (χ2n) is 7.36. The minimum Gasteiger partial charge on any atom is -0.381 e. The van der Waals surface area contributed by atoms with Crippen molar-refractivity contribution in [3.8, 4) is 0 Å². The van der Waals surface area contributed by atoms with Crippen LogP contribution in [0.2, 0.25) is 0 Å². The number of fused-ring (bicyclic) bond motifs is 1. The van der Waals surface area contributed by atoms with Crippen molar-refractivity contribution >= 4 is 34.7 Å². The van der Waals surface area contributed by atoms with E-state index in [9.17, 15) is 0 Å². The Morgan fingerprint density at radius 3 is 2.75 bits per heavy atom. The molecule has 0 unspecified atom stereocenters. The van der Waals surface area contributed by atoms with Gasteiger partial charge in [-0.15, -0.1) is 11.3 Å². The summed E-state index contributed by atoms with van der Waals surface area (Å²) in [6, 6.07) is 4.17. The lowest BCUT2D eigenvalue weighted by atomic mass is 9.73. The van der Waals surface area contributed by atoms with E-state index in [2.05, 4.69) is 30.9 Å². The van der Waals surface area contributed by atoms with Gasteiger partial charge in [-0.1, -0.05) is 6.07 Å². The number of aromatic nitrogens is 4. The Morgan fingerprint density at radius 2 is 2.04 bits per heavy atom. The number of anilines is 2. The lowest BCUT2D eigenvalue weighted by Crippen LogP contribution is -2.44. The second kappa shape index (κ2) is 6.98. The summed E-state index contributed by atoms with van der Waals surface area (Å²) < 4.78 is 0.914. The molecule has 1 aliphatic heterocycles. The molecule has 1 spiro atoms. The van der Waals surface area contributed by atoms with Crippen LogP contribution in [-0.4, -0.2) is 33.0 Å². The molecule has 5 rings (SSSR count). The summed E-state index contributed by atoms with van der Waals surface area (Å²) in [5.41, 5.74) is 15.3. The van der Waals surface area contributed by atoms with Gasteiger partial charge in [-0.2, -0.15) is 0 Å². The first-order chi connectivity index (χ1) is 13.6. The van der Waals surface area contributed by atoms with Crippen LogP contribution in [0.3, 0.4) is 0 Å². The molecular formula is C19H21N7S2. The third-order valence-electron chi connectivity index (χ3n) is 5.87. The van der Waals surface area contributed by atoms with Gasteiger partial charge >= 0.3 is 0 Å². The molecule has 0 saturated carbocycles. The van der Waals surface area contributed by atoms with Crippen LogP contribution in [-0.2, 0) is 6.42 Å². The molecular weight excluding hydrogens is 390 g/mol. The summed E-state index contributed by atoms with van der Waals surface area (Å²) in [6.45, 7) is 1.80. The van der Waals surface area contributed by atoms with Crippen molar-refractivity contribution in [2.75, 3.05) is 23.7 Å². The molecule has 0 bridgehead atoms. The van der Waals surface area contributed by atoms with E-state index in [4.69, 9.17) is 11.5 Å². The average molecular weight is 412 g/mol. The van der Waals surface area contributed by atoms with Crippen LogP contribution in [0, 0.1) is 5.41 Å². The SMILES string of the molecule is Nc1nc(N2CCC3(CC2)Cc2ncccc2[C@H]3N)cnc1Sc1nccs1. The maximum absolute atomic E-state index is 6.63. The van der Waals surface area contributed by atoms with Crippen molar-refractivity contribution in [2.24, 2.45) is 11.1 Å². The van der Waals surface area contributed by atoms with E-state index in [0.29, 0.717) is 10.8 Å². The fraction of sp³-hybridized carbons (Fsp3) is 0.368. The molecule has 3 aromatic rings. The fourth-order valence-electron chi connectivity index (χ4n) is 4.28. The number of nitrogens with zero attached hydrogens (tertiary/aromatic N) is 5. The second-order valence-corrected chi connectivity index (χ2v) is 9.49. The minimum absolute atomic E-state index is 0.0616.